The van der Waals surface area contributed by atoms with Crippen LogP contribution in [0.1, 0.15) is 11.4 Å². The van der Waals surface area contributed by atoms with Crippen molar-refractivity contribution in [2.75, 3.05) is 11.1 Å². The number of halogens is 1. The Balaban J connectivity index is 1.59. The van der Waals surface area contributed by atoms with Crippen molar-refractivity contribution in [2.45, 2.75) is 19.0 Å². The van der Waals surface area contributed by atoms with Gasteiger partial charge in [-0.05, 0) is 32.0 Å². The number of carbonyl (C=O) groups excluding carboxylic acids is 1. The van der Waals surface area contributed by atoms with E-state index in [1.165, 1.54) is 23.1 Å². The van der Waals surface area contributed by atoms with Crippen LogP contribution in [0.5, 0.6) is 0 Å². The van der Waals surface area contributed by atoms with E-state index in [9.17, 15) is 4.79 Å². The number of rotatable bonds is 5. The molecule has 2 aromatic heterocycles. The summed E-state index contributed by atoms with van der Waals surface area (Å²) in [4.78, 5) is 25.2. The van der Waals surface area contributed by atoms with E-state index in [1.807, 2.05) is 49.6 Å². The van der Waals surface area contributed by atoms with Crippen molar-refractivity contribution in [3.8, 4) is 11.3 Å². The summed E-state index contributed by atoms with van der Waals surface area (Å²) in [6.45, 7) is 3.82. The van der Waals surface area contributed by atoms with Crippen LogP contribution in [-0.4, -0.2) is 26.6 Å². The van der Waals surface area contributed by atoms with Crippen molar-refractivity contribution < 1.29 is 4.79 Å². The molecule has 0 bridgehead atoms. The van der Waals surface area contributed by atoms with E-state index in [0.717, 1.165) is 22.6 Å². The first-order chi connectivity index (χ1) is 12.0. The summed E-state index contributed by atoms with van der Waals surface area (Å²) < 4.78 is 0. The molecule has 3 aromatic rings. The van der Waals surface area contributed by atoms with Crippen molar-refractivity contribution >= 4 is 45.7 Å². The largest absolute Gasteiger partial charge is 0.301 e. The van der Waals surface area contributed by atoms with Crippen molar-refractivity contribution in [3.63, 3.8) is 0 Å². The summed E-state index contributed by atoms with van der Waals surface area (Å²) in [6, 6.07) is 9.33. The molecule has 0 saturated heterocycles. The van der Waals surface area contributed by atoms with E-state index in [2.05, 4.69) is 20.3 Å². The molecule has 0 aliphatic carbocycles. The smallest absolute Gasteiger partial charge is 0.236 e. The molecule has 1 aromatic carbocycles. The summed E-state index contributed by atoms with van der Waals surface area (Å²) in [5.74, 6) is 0.100. The quantitative estimate of drug-likeness (QED) is 0.509. The van der Waals surface area contributed by atoms with E-state index in [4.69, 9.17) is 11.6 Å². The first kappa shape index (κ1) is 17.8. The van der Waals surface area contributed by atoms with Gasteiger partial charge in [-0.1, -0.05) is 35.5 Å². The van der Waals surface area contributed by atoms with Crippen molar-refractivity contribution in [2.24, 2.45) is 0 Å². The second-order valence-electron chi connectivity index (χ2n) is 5.31. The van der Waals surface area contributed by atoms with Gasteiger partial charge >= 0.3 is 0 Å². The molecule has 5 nitrogen and oxygen atoms in total. The van der Waals surface area contributed by atoms with Gasteiger partial charge in [0, 0.05) is 27.4 Å². The highest BCUT2D eigenvalue weighted by molar-refractivity contribution is 7.99. The standard InChI is InChI=1S/C17H15ClN4OS2/c1-10-7-11(2)20-16(19-10)25-9-15(23)22-17-21-14(8-24-17)12-3-5-13(18)6-4-12/h3-8H,9H2,1-2H3,(H,21,22,23). The van der Waals surface area contributed by atoms with Crippen molar-refractivity contribution in [3.05, 3.63) is 52.1 Å². The van der Waals surface area contributed by atoms with Gasteiger partial charge in [0.25, 0.3) is 0 Å². The van der Waals surface area contributed by atoms with Crippen LogP contribution in [0.25, 0.3) is 11.3 Å². The summed E-state index contributed by atoms with van der Waals surface area (Å²) in [7, 11) is 0. The van der Waals surface area contributed by atoms with E-state index < -0.39 is 0 Å². The number of aromatic nitrogens is 3. The highest BCUT2D eigenvalue weighted by Crippen LogP contribution is 2.26. The van der Waals surface area contributed by atoms with Crippen LogP contribution in [0.4, 0.5) is 5.13 Å². The second-order valence-corrected chi connectivity index (χ2v) is 7.55. The molecule has 0 aliphatic rings. The van der Waals surface area contributed by atoms with Crippen molar-refractivity contribution in [1.29, 1.82) is 0 Å². The molecular weight excluding hydrogens is 376 g/mol. The molecule has 25 heavy (non-hydrogen) atoms. The molecule has 0 radical (unpaired) electrons. The topological polar surface area (TPSA) is 67.8 Å². The molecule has 8 heteroatoms. The van der Waals surface area contributed by atoms with Crippen LogP contribution >= 0.6 is 34.7 Å². The van der Waals surface area contributed by atoms with Gasteiger partial charge in [0.1, 0.15) is 0 Å². The van der Waals surface area contributed by atoms with Gasteiger partial charge in [-0.2, -0.15) is 0 Å². The monoisotopic (exact) mass is 390 g/mol. The lowest BCUT2D eigenvalue weighted by Gasteiger charge is -2.03. The van der Waals surface area contributed by atoms with E-state index in [-0.39, 0.29) is 11.7 Å². The highest BCUT2D eigenvalue weighted by Gasteiger charge is 2.10. The SMILES string of the molecule is Cc1cc(C)nc(SCC(=O)Nc2nc(-c3ccc(Cl)cc3)cs2)n1. The molecule has 0 atom stereocenters. The Morgan fingerprint density at radius 3 is 2.52 bits per heavy atom. The number of anilines is 1. The number of nitrogens with one attached hydrogen (secondary N) is 1. The molecule has 0 unspecified atom stereocenters. The van der Waals surface area contributed by atoms with Gasteiger partial charge in [-0.15, -0.1) is 11.3 Å². The Hall–Kier alpha value is -1.96. The van der Waals surface area contributed by atoms with Gasteiger partial charge in [0.05, 0.1) is 11.4 Å². The number of hydrogen-bond acceptors (Lipinski definition) is 6. The van der Waals surface area contributed by atoms with Gasteiger partial charge in [-0.3, -0.25) is 4.79 Å². The molecule has 128 valence electrons. The zero-order valence-corrected chi connectivity index (χ0v) is 16.0. The first-order valence-corrected chi connectivity index (χ1v) is 9.70. The normalized spacial score (nSPS) is 10.7. The minimum Gasteiger partial charge on any atom is -0.301 e. The predicted molar refractivity (Wildman–Crippen MR) is 103 cm³/mol. The lowest BCUT2D eigenvalue weighted by Crippen LogP contribution is -2.14. The maximum absolute atomic E-state index is 12.1. The minimum atomic E-state index is -0.134. The van der Waals surface area contributed by atoms with Crippen LogP contribution in [0.2, 0.25) is 5.02 Å². The third kappa shape index (κ3) is 5.01. The number of amides is 1. The number of thioether (sulfide) groups is 1. The maximum Gasteiger partial charge on any atom is 0.236 e. The second kappa shape index (κ2) is 7.95. The van der Waals surface area contributed by atoms with Crippen LogP contribution in [0.15, 0.2) is 40.9 Å². The fraction of sp³-hybridized carbons (Fsp3) is 0.176. The molecule has 0 aliphatic heterocycles. The predicted octanol–water partition coefficient (Wildman–Crippen LogP) is 4.60. The minimum absolute atomic E-state index is 0.134. The highest BCUT2D eigenvalue weighted by atomic mass is 35.5. The fourth-order valence-corrected chi connectivity index (χ4v) is 3.74. The summed E-state index contributed by atoms with van der Waals surface area (Å²) >= 11 is 8.59. The van der Waals surface area contributed by atoms with Gasteiger partial charge in [0.2, 0.25) is 5.91 Å². The maximum atomic E-state index is 12.1. The number of hydrogen-bond donors (Lipinski definition) is 1. The lowest BCUT2D eigenvalue weighted by atomic mass is 10.2. The average Bonchev–Trinajstić information content (AvgIpc) is 3.01. The molecule has 0 fully saturated rings. The Morgan fingerprint density at radius 1 is 1.16 bits per heavy atom. The van der Waals surface area contributed by atoms with Crippen LogP contribution in [-0.2, 0) is 4.79 Å². The molecule has 3 rings (SSSR count). The number of nitrogens with zero attached hydrogens (tertiary/aromatic N) is 3. The Labute approximate surface area is 158 Å². The molecular formula is C17H15ClN4OS2. The molecule has 1 N–H and O–H groups in total. The van der Waals surface area contributed by atoms with E-state index >= 15 is 0 Å². The lowest BCUT2D eigenvalue weighted by molar-refractivity contribution is -0.113. The Morgan fingerprint density at radius 2 is 1.84 bits per heavy atom. The third-order valence-electron chi connectivity index (χ3n) is 3.18. The van der Waals surface area contributed by atoms with E-state index in [0.29, 0.717) is 15.3 Å². The zero-order chi connectivity index (χ0) is 17.8. The first-order valence-electron chi connectivity index (χ1n) is 7.46. The summed E-state index contributed by atoms with van der Waals surface area (Å²) in [5, 5.41) is 6.56. The fourth-order valence-electron chi connectivity index (χ4n) is 2.13. The van der Waals surface area contributed by atoms with Crippen molar-refractivity contribution in [1.82, 2.24) is 15.0 Å². The van der Waals surface area contributed by atoms with Crippen LogP contribution in [0, 0.1) is 13.8 Å². The average molecular weight is 391 g/mol. The van der Waals surface area contributed by atoms with Gasteiger partial charge < -0.3 is 5.32 Å². The molecule has 1 amide bonds. The Bertz CT molecular complexity index is 876. The zero-order valence-electron chi connectivity index (χ0n) is 13.6. The van der Waals surface area contributed by atoms with Crippen LogP contribution < -0.4 is 5.32 Å². The summed E-state index contributed by atoms with van der Waals surface area (Å²) in [6.07, 6.45) is 0. The molecule has 0 saturated carbocycles. The van der Waals surface area contributed by atoms with Gasteiger partial charge in [0.15, 0.2) is 10.3 Å². The third-order valence-corrected chi connectivity index (χ3v) is 5.04. The number of aryl methyl sites for hydroxylation is 2. The molecule has 2 heterocycles. The number of carbonyl (C=O) groups is 1. The number of benzene rings is 1. The van der Waals surface area contributed by atoms with Gasteiger partial charge in [-0.25, -0.2) is 15.0 Å². The van der Waals surface area contributed by atoms with Crippen LogP contribution in [0.3, 0.4) is 0 Å². The number of thiazole rings is 1. The van der Waals surface area contributed by atoms with E-state index in [1.54, 1.807) is 0 Å². The molecule has 0 spiro atoms. The summed E-state index contributed by atoms with van der Waals surface area (Å²) in [5.41, 5.74) is 3.55. The Kier molecular flexibility index (Phi) is 5.67.